The van der Waals surface area contributed by atoms with Gasteiger partial charge in [0.2, 0.25) is 0 Å². The molecule has 0 amide bonds. The molecule has 2 heterocycles. The molecule has 0 radical (unpaired) electrons. The summed E-state index contributed by atoms with van der Waals surface area (Å²) in [5.74, 6) is 0.445. The molecule has 0 spiro atoms. The Hall–Kier alpha value is -3.40. The first-order chi connectivity index (χ1) is 13.8. The molecule has 0 N–H and O–H groups in total. The molecule has 28 heavy (non-hydrogen) atoms. The van der Waals surface area contributed by atoms with Gasteiger partial charge in [-0.05, 0) is 67.1 Å². The third-order valence-corrected chi connectivity index (χ3v) is 5.73. The molecule has 0 saturated carbocycles. The number of hydrogen-bond acceptors (Lipinski definition) is 4. The Kier molecular flexibility index (Phi) is 3.38. The van der Waals surface area contributed by atoms with Gasteiger partial charge in [-0.25, -0.2) is 19.9 Å². The standard InChI is InChI=1S/C24H18N4/c1-3-7-19-17(5-1)25-21-11-9-15(13-23(21)27-19)16-10-12-22-24(14-16)28-20-8-4-2-6-18(20)26-22/h1-9,11,13,16H,10,12,14H2. The highest BCUT2D eigenvalue weighted by Crippen LogP contribution is 2.33. The lowest BCUT2D eigenvalue weighted by atomic mass is 9.84. The number of rotatable bonds is 1. The van der Waals surface area contributed by atoms with Gasteiger partial charge in [0.25, 0.3) is 0 Å². The number of para-hydroxylation sites is 4. The van der Waals surface area contributed by atoms with E-state index in [2.05, 4.69) is 18.2 Å². The molecule has 0 aliphatic heterocycles. The number of hydrogen-bond donors (Lipinski definition) is 0. The predicted molar refractivity (Wildman–Crippen MR) is 111 cm³/mol. The van der Waals surface area contributed by atoms with Crippen LogP contribution in [0, 0.1) is 0 Å². The first-order valence-electron chi connectivity index (χ1n) is 9.74. The summed E-state index contributed by atoms with van der Waals surface area (Å²) >= 11 is 0. The van der Waals surface area contributed by atoms with E-state index < -0.39 is 0 Å². The van der Waals surface area contributed by atoms with Gasteiger partial charge in [0.1, 0.15) is 0 Å². The van der Waals surface area contributed by atoms with Crippen LogP contribution in [0.4, 0.5) is 0 Å². The summed E-state index contributed by atoms with van der Waals surface area (Å²) in [4.78, 5) is 19.3. The number of benzene rings is 3. The summed E-state index contributed by atoms with van der Waals surface area (Å²) in [5.41, 5.74) is 9.38. The second-order valence-corrected chi connectivity index (χ2v) is 7.51. The molecule has 0 bridgehead atoms. The van der Waals surface area contributed by atoms with Gasteiger partial charge < -0.3 is 0 Å². The third-order valence-electron chi connectivity index (χ3n) is 5.73. The van der Waals surface area contributed by atoms with Gasteiger partial charge in [0.15, 0.2) is 0 Å². The molecule has 1 atom stereocenters. The van der Waals surface area contributed by atoms with E-state index in [-0.39, 0.29) is 0 Å². The van der Waals surface area contributed by atoms with Gasteiger partial charge in [-0.3, -0.25) is 0 Å². The molecular formula is C24H18N4. The zero-order chi connectivity index (χ0) is 18.5. The van der Waals surface area contributed by atoms with Crippen molar-refractivity contribution in [2.45, 2.75) is 25.2 Å². The van der Waals surface area contributed by atoms with Crippen LogP contribution >= 0.6 is 0 Å². The maximum Gasteiger partial charge on any atom is 0.0897 e. The first-order valence-corrected chi connectivity index (χ1v) is 9.74. The number of aryl methyl sites for hydroxylation is 1. The molecule has 6 rings (SSSR count). The van der Waals surface area contributed by atoms with Gasteiger partial charge in [0.05, 0.1) is 44.5 Å². The maximum atomic E-state index is 4.90. The van der Waals surface area contributed by atoms with Crippen LogP contribution in [0.25, 0.3) is 33.1 Å². The zero-order valence-electron chi connectivity index (χ0n) is 15.3. The lowest BCUT2D eigenvalue weighted by Crippen LogP contribution is -2.16. The van der Waals surface area contributed by atoms with Crippen LogP contribution in [0.2, 0.25) is 0 Å². The fourth-order valence-electron chi connectivity index (χ4n) is 4.26. The van der Waals surface area contributed by atoms with Crippen LogP contribution in [0.15, 0.2) is 66.7 Å². The molecule has 5 aromatic rings. The second-order valence-electron chi connectivity index (χ2n) is 7.51. The third kappa shape index (κ3) is 2.53. The lowest BCUT2D eigenvalue weighted by molar-refractivity contribution is 0.565. The fraction of sp³-hybridized carbons (Fsp3) is 0.167. The van der Waals surface area contributed by atoms with Crippen molar-refractivity contribution in [1.82, 2.24) is 19.9 Å². The monoisotopic (exact) mass is 362 g/mol. The first kappa shape index (κ1) is 15.6. The molecule has 0 saturated heterocycles. The van der Waals surface area contributed by atoms with Gasteiger partial charge in [-0.15, -0.1) is 0 Å². The van der Waals surface area contributed by atoms with Crippen LogP contribution in [0.5, 0.6) is 0 Å². The molecule has 2 aromatic heterocycles. The molecule has 4 nitrogen and oxygen atoms in total. The normalized spacial score (nSPS) is 16.5. The molecule has 1 aliphatic carbocycles. The molecular weight excluding hydrogens is 344 g/mol. The minimum atomic E-state index is 0.445. The number of fused-ring (bicyclic) bond motifs is 4. The van der Waals surface area contributed by atoms with Crippen LogP contribution in [0.3, 0.4) is 0 Å². The van der Waals surface area contributed by atoms with Crippen molar-refractivity contribution in [1.29, 1.82) is 0 Å². The quantitative estimate of drug-likeness (QED) is 0.394. The summed E-state index contributed by atoms with van der Waals surface area (Å²) < 4.78 is 0. The predicted octanol–water partition coefficient (Wildman–Crippen LogP) is 5.00. The van der Waals surface area contributed by atoms with Gasteiger partial charge in [-0.2, -0.15) is 0 Å². The summed E-state index contributed by atoms with van der Waals surface area (Å²) in [6.45, 7) is 0. The van der Waals surface area contributed by atoms with Crippen molar-refractivity contribution in [3.63, 3.8) is 0 Å². The highest BCUT2D eigenvalue weighted by Gasteiger charge is 2.23. The summed E-state index contributed by atoms with van der Waals surface area (Å²) in [6.07, 6.45) is 2.99. The van der Waals surface area contributed by atoms with Crippen LogP contribution in [0.1, 0.15) is 29.3 Å². The summed E-state index contributed by atoms with van der Waals surface area (Å²) in [5, 5.41) is 0. The van der Waals surface area contributed by atoms with Gasteiger partial charge in [0, 0.05) is 0 Å². The van der Waals surface area contributed by atoms with E-state index in [0.717, 1.165) is 63.8 Å². The molecule has 1 aliphatic rings. The fourth-order valence-corrected chi connectivity index (χ4v) is 4.26. The van der Waals surface area contributed by atoms with Crippen molar-refractivity contribution in [3.05, 3.63) is 83.7 Å². The number of aromatic nitrogens is 4. The lowest BCUT2D eigenvalue weighted by Gasteiger charge is -2.24. The maximum absolute atomic E-state index is 4.90. The van der Waals surface area contributed by atoms with Crippen LogP contribution in [-0.2, 0) is 12.8 Å². The highest BCUT2D eigenvalue weighted by molar-refractivity contribution is 5.86. The van der Waals surface area contributed by atoms with Gasteiger partial charge in [-0.1, -0.05) is 30.3 Å². The van der Waals surface area contributed by atoms with E-state index in [9.17, 15) is 0 Å². The Morgan fingerprint density at radius 3 is 1.86 bits per heavy atom. The van der Waals surface area contributed by atoms with E-state index in [4.69, 9.17) is 19.9 Å². The molecule has 4 heteroatoms. The molecule has 1 unspecified atom stereocenters. The zero-order valence-corrected chi connectivity index (χ0v) is 15.3. The van der Waals surface area contributed by atoms with Crippen molar-refractivity contribution in [2.24, 2.45) is 0 Å². The molecule has 0 fully saturated rings. The van der Waals surface area contributed by atoms with Crippen molar-refractivity contribution < 1.29 is 0 Å². The van der Waals surface area contributed by atoms with Crippen molar-refractivity contribution >= 4 is 33.1 Å². The smallest absolute Gasteiger partial charge is 0.0897 e. The summed E-state index contributed by atoms with van der Waals surface area (Å²) in [6, 6.07) is 22.7. The minimum absolute atomic E-state index is 0.445. The Morgan fingerprint density at radius 2 is 1.14 bits per heavy atom. The largest absolute Gasteiger partial charge is 0.249 e. The average molecular weight is 362 g/mol. The van der Waals surface area contributed by atoms with E-state index in [1.807, 2.05) is 48.5 Å². The topological polar surface area (TPSA) is 51.6 Å². The Bertz CT molecular complexity index is 1360. The Balaban J connectivity index is 1.40. The SMILES string of the molecule is c1ccc2nc3c(nc2c1)CCC(c1ccc2nc4ccccc4nc2c1)C3. The van der Waals surface area contributed by atoms with E-state index in [1.165, 1.54) is 5.56 Å². The van der Waals surface area contributed by atoms with E-state index in [1.54, 1.807) is 0 Å². The molecule has 3 aromatic carbocycles. The van der Waals surface area contributed by atoms with Crippen LogP contribution < -0.4 is 0 Å². The average Bonchev–Trinajstić information content (AvgIpc) is 2.75. The van der Waals surface area contributed by atoms with E-state index >= 15 is 0 Å². The van der Waals surface area contributed by atoms with Crippen molar-refractivity contribution in [3.8, 4) is 0 Å². The van der Waals surface area contributed by atoms with Crippen molar-refractivity contribution in [2.75, 3.05) is 0 Å². The minimum Gasteiger partial charge on any atom is -0.249 e. The number of nitrogens with zero attached hydrogens (tertiary/aromatic N) is 4. The second kappa shape index (κ2) is 6.06. The highest BCUT2D eigenvalue weighted by atomic mass is 14.8. The summed E-state index contributed by atoms with van der Waals surface area (Å²) in [7, 11) is 0. The Morgan fingerprint density at radius 1 is 0.571 bits per heavy atom. The molecule has 134 valence electrons. The Labute approximate surface area is 162 Å². The van der Waals surface area contributed by atoms with Crippen LogP contribution in [-0.4, -0.2) is 19.9 Å². The van der Waals surface area contributed by atoms with E-state index in [0.29, 0.717) is 5.92 Å². The van der Waals surface area contributed by atoms with Gasteiger partial charge >= 0.3 is 0 Å².